The molecule has 4 heteroatoms. The van der Waals surface area contributed by atoms with Gasteiger partial charge >= 0.3 is 0 Å². The summed E-state index contributed by atoms with van der Waals surface area (Å²) in [5.41, 5.74) is 6.03. The maximum absolute atomic E-state index is 6.03. The molecule has 1 atom stereocenters. The maximum Gasteiger partial charge on any atom is 0.134 e. The molecule has 0 amide bonds. The Bertz CT molecular complexity index is 262. The van der Waals surface area contributed by atoms with Crippen molar-refractivity contribution in [3.05, 3.63) is 16.3 Å². The van der Waals surface area contributed by atoms with E-state index in [1.54, 1.807) is 25.6 Å². The zero-order chi connectivity index (χ0) is 10.4. The van der Waals surface area contributed by atoms with E-state index in [-0.39, 0.29) is 6.04 Å². The van der Waals surface area contributed by atoms with Crippen molar-refractivity contribution in [1.82, 2.24) is 0 Å². The second-order valence-corrected chi connectivity index (χ2v) is 4.04. The Morgan fingerprint density at radius 3 is 2.93 bits per heavy atom. The van der Waals surface area contributed by atoms with Crippen LogP contribution in [0.1, 0.15) is 23.8 Å². The molecule has 0 saturated carbocycles. The van der Waals surface area contributed by atoms with Gasteiger partial charge in [0, 0.05) is 19.8 Å². The predicted octanol–water partition coefficient (Wildman–Crippen LogP) is 2.18. The number of rotatable bonds is 6. The molecule has 1 rings (SSSR count). The number of methoxy groups -OCH3 is 2. The van der Waals surface area contributed by atoms with E-state index >= 15 is 0 Å². The van der Waals surface area contributed by atoms with Crippen LogP contribution in [0.2, 0.25) is 0 Å². The van der Waals surface area contributed by atoms with Crippen LogP contribution in [0.3, 0.4) is 0 Å². The minimum atomic E-state index is 0.0695. The highest BCUT2D eigenvalue weighted by molar-refractivity contribution is 7.10. The molecule has 1 heterocycles. The SMILES string of the molecule is COCCCC(N)c1sccc1OC. The van der Waals surface area contributed by atoms with Gasteiger partial charge in [-0.05, 0) is 24.3 Å². The average molecular weight is 215 g/mol. The van der Waals surface area contributed by atoms with Crippen LogP contribution in [0.25, 0.3) is 0 Å². The lowest BCUT2D eigenvalue weighted by atomic mass is 10.1. The van der Waals surface area contributed by atoms with Crippen LogP contribution < -0.4 is 10.5 Å². The van der Waals surface area contributed by atoms with Crippen molar-refractivity contribution < 1.29 is 9.47 Å². The molecule has 0 bridgehead atoms. The largest absolute Gasteiger partial charge is 0.496 e. The molecule has 1 unspecified atom stereocenters. The molecule has 3 nitrogen and oxygen atoms in total. The lowest BCUT2D eigenvalue weighted by Crippen LogP contribution is -2.10. The number of hydrogen-bond acceptors (Lipinski definition) is 4. The molecule has 14 heavy (non-hydrogen) atoms. The quantitative estimate of drug-likeness (QED) is 0.740. The van der Waals surface area contributed by atoms with E-state index in [0.717, 1.165) is 30.1 Å². The molecule has 0 spiro atoms. The third-order valence-corrected chi connectivity index (χ3v) is 3.11. The summed E-state index contributed by atoms with van der Waals surface area (Å²) in [5.74, 6) is 0.903. The Hall–Kier alpha value is -0.580. The fraction of sp³-hybridized carbons (Fsp3) is 0.600. The maximum atomic E-state index is 6.03. The number of nitrogens with two attached hydrogens (primary N) is 1. The highest BCUT2D eigenvalue weighted by Crippen LogP contribution is 2.31. The lowest BCUT2D eigenvalue weighted by molar-refractivity contribution is 0.190. The van der Waals surface area contributed by atoms with Crippen LogP contribution in [0.5, 0.6) is 5.75 Å². The van der Waals surface area contributed by atoms with E-state index in [4.69, 9.17) is 15.2 Å². The summed E-state index contributed by atoms with van der Waals surface area (Å²) in [6.45, 7) is 0.765. The Morgan fingerprint density at radius 2 is 2.29 bits per heavy atom. The van der Waals surface area contributed by atoms with Gasteiger partial charge in [-0.3, -0.25) is 0 Å². The van der Waals surface area contributed by atoms with Crippen molar-refractivity contribution in [3.63, 3.8) is 0 Å². The van der Waals surface area contributed by atoms with Gasteiger partial charge in [0.1, 0.15) is 5.75 Å². The molecule has 2 N–H and O–H groups in total. The first-order valence-electron chi connectivity index (χ1n) is 4.65. The molecule has 0 saturated heterocycles. The summed E-state index contributed by atoms with van der Waals surface area (Å²) in [6, 6.07) is 2.02. The fourth-order valence-corrected chi connectivity index (χ4v) is 2.23. The van der Waals surface area contributed by atoms with Gasteiger partial charge in [0.15, 0.2) is 0 Å². The van der Waals surface area contributed by atoms with E-state index in [1.165, 1.54) is 0 Å². The van der Waals surface area contributed by atoms with Crippen LogP contribution >= 0.6 is 11.3 Å². The van der Waals surface area contributed by atoms with Crippen LogP contribution in [-0.2, 0) is 4.74 Å². The van der Waals surface area contributed by atoms with Gasteiger partial charge in [-0.25, -0.2) is 0 Å². The van der Waals surface area contributed by atoms with E-state index in [0.29, 0.717) is 0 Å². The van der Waals surface area contributed by atoms with E-state index < -0.39 is 0 Å². The number of hydrogen-bond donors (Lipinski definition) is 1. The van der Waals surface area contributed by atoms with Gasteiger partial charge in [0.05, 0.1) is 12.0 Å². The highest BCUT2D eigenvalue weighted by Gasteiger charge is 2.12. The summed E-state index contributed by atoms with van der Waals surface area (Å²) in [4.78, 5) is 1.13. The molecule has 0 aliphatic carbocycles. The third-order valence-electron chi connectivity index (χ3n) is 2.08. The molecule has 1 aromatic rings. The van der Waals surface area contributed by atoms with Crippen molar-refractivity contribution in [1.29, 1.82) is 0 Å². The first kappa shape index (κ1) is 11.5. The molecular formula is C10H17NO2S. The monoisotopic (exact) mass is 215 g/mol. The van der Waals surface area contributed by atoms with Crippen molar-refractivity contribution in [2.45, 2.75) is 18.9 Å². The summed E-state index contributed by atoms with van der Waals surface area (Å²) < 4.78 is 10.2. The third kappa shape index (κ3) is 2.97. The number of ether oxygens (including phenoxy) is 2. The Labute approximate surface area is 88.8 Å². The molecular weight excluding hydrogens is 198 g/mol. The zero-order valence-electron chi connectivity index (χ0n) is 8.66. The first-order valence-corrected chi connectivity index (χ1v) is 5.53. The standard InChI is InChI=1S/C10H17NO2S/c1-12-6-3-4-8(11)10-9(13-2)5-7-14-10/h5,7-8H,3-4,6,11H2,1-2H3. The lowest BCUT2D eigenvalue weighted by Gasteiger charge is -2.11. The molecule has 0 aliphatic heterocycles. The van der Waals surface area contributed by atoms with Gasteiger partial charge in [0.25, 0.3) is 0 Å². The van der Waals surface area contributed by atoms with Crippen LogP contribution in [0.15, 0.2) is 11.4 Å². The molecule has 1 aromatic heterocycles. The Balaban J connectivity index is 2.47. The highest BCUT2D eigenvalue weighted by atomic mass is 32.1. The van der Waals surface area contributed by atoms with Gasteiger partial charge in [-0.15, -0.1) is 11.3 Å². The normalized spacial score (nSPS) is 12.8. The van der Waals surface area contributed by atoms with Gasteiger partial charge < -0.3 is 15.2 Å². The molecule has 0 aromatic carbocycles. The van der Waals surface area contributed by atoms with E-state index in [1.807, 2.05) is 11.4 Å². The van der Waals surface area contributed by atoms with Gasteiger partial charge in [-0.2, -0.15) is 0 Å². The average Bonchev–Trinajstić information content (AvgIpc) is 2.65. The van der Waals surface area contributed by atoms with E-state index in [2.05, 4.69) is 0 Å². The first-order chi connectivity index (χ1) is 6.79. The zero-order valence-corrected chi connectivity index (χ0v) is 9.47. The van der Waals surface area contributed by atoms with Crippen LogP contribution in [0, 0.1) is 0 Å². The van der Waals surface area contributed by atoms with E-state index in [9.17, 15) is 0 Å². The summed E-state index contributed by atoms with van der Waals surface area (Å²) in [6.07, 6.45) is 1.92. The summed E-state index contributed by atoms with van der Waals surface area (Å²) in [5, 5.41) is 2.00. The van der Waals surface area contributed by atoms with Crippen molar-refractivity contribution >= 4 is 11.3 Å². The molecule has 0 aliphatic rings. The number of thiophene rings is 1. The molecule has 80 valence electrons. The summed E-state index contributed by atoms with van der Waals surface area (Å²) in [7, 11) is 3.38. The second-order valence-electron chi connectivity index (χ2n) is 3.09. The molecule has 0 radical (unpaired) electrons. The fourth-order valence-electron chi connectivity index (χ4n) is 1.33. The molecule has 0 fully saturated rings. The van der Waals surface area contributed by atoms with Crippen molar-refractivity contribution in [2.24, 2.45) is 5.73 Å². The smallest absolute Gasteiger partial charge is 0.134 e. The van der Waals surface area contributed by atoms with Gasteiger partial charge in [-0.1, -0.05) is 0 Å². The van der Waals surface area contributed by atoms with Crippen LogP contribution in [0.4, 0.5) is 0 Å². The Morgan fingerprint density at radius 1 is 1.50 bits per heavy atom. The predicted molar refractivity (Wildman–Crippen MR) is 58.9 cm³/mol. The topological polar surface area (TPSA) is 44.5 Å². The second kappa shape index (κ2) is 6.01. The Kier molecular flexibility index (Phi) is 4.93. The summed E-state index contributed by atoms with van der Waals surface area (Å²) >= 11 is 1.65. The van der Waals surface area contributed by atoms with Crippen LogP contribution in [-0.4, -0.2) is 20.8 Å². The minimum absolute atomic E-state index is 0.0695. The van der Waals surface area contributed by atoms with Gasteiger partial charge in [0.2, 0.25) is 0 Å². The minimum Gasteiger partial charge on any atom is -0.496 e. The van der Waals surface area contributed by atoms with Crippen molar-refractivity contribution in [2.75, 3.05) is 20.8 Å². The van der Waals surface area contributed by atoms with Crippen molar-refractivity contribution in [3.8, 4) is 5.75 Å².